The van der Waals surface area contributed by atoms with Gasteiger partial charge in [-0.05, 0) is 12.1 Å². The van der Waals surface area contributed by atoms with E-state index in [0.717, 1.165) is 20.8 Å². The molecule has 0 radical (unpaired) electrons. The number of fused-ring (bicyclic) bond motifs is 3. The van der Waals surface area contributed by atoms with E-state index in [9.17, 15) is 0 Å². The number of aromatic nitrogens is 2. The molecule has 0 N–H and O–H groups in total. The van der Waals surface area contributed by atoms with E-state index < -0.39 is 0 Å². The van der Waals surface area contributed by atoms with E-state index in [2.05, 4.69) is 26.1 Å². The molecule has 0 aliphatic carbocycles. The number of pyridine rings is 1. The lowest BCUT2D eigenvalue weighted by Crippen LogP contribution is -1.82. The van der Waals surface area contributed by atoms with E-state index >= 15 is 0 Å². The van der Waals surface area contributed by atoms with Gasteiger partial charge in [-0.25, -0.2) is 4.98 Å². The molecule has 0 unspecified atom stereocenters. The standard InChI is InChI=1S/C10H4BrClN2O/c11-5-1-2-6-7-4-15-14-9(7)10(12)13-8(6)3-5/h1-4H. The minimum absolute atomic E-state index is 0.365. The van der Waals surface area contributed by atoms with Crippen LogP contribution in [-0.4, -0.2) is 10.1 Å². The van der Waals surface area contributed by atoms with E-state index in [0.29, 0.717) is 10.7 Å². The van der Waals surface area contributed by atoms with E-state index in [1.165, 1.54) is 0 Å². The van der Waals surface area contributed by atoms with Gasteiger partial charge in [0.25, 0.3) is 0 Å². The smallest absolute Gasteiger partial charge is 0.159 e. The summed E-state index contributed by atoms with van der Waals surface area (Å²) in [6, 6.07) is 5.82. The Labute approximate surface area is 98.2 Å². The molecule has 0 aliphatic heterocycles. The second-order valence-electron chi connectivity index (χ2n) is 3.14. The number of rotatable bonds is 0. The Hall–Kier alpha value is -1.13. The average molecular weight is 284 g/mol. The highest BCUT2D eigenvalue weighted by Crippen LogP contribution is 2.29. The largest absolute Gasteiger partial charge is 0.363 e. The maximum Gasteiger partial charge on any atom is 0.159 e. The van der Waals surface area contributed by atoms with Crippen molar-refractivity contribution >= 4 is 49.3 Å². The Balaban J connectivity index is 2.60. The molecule has 0 saturated heterocycles. The summed E-state index contributed by atoms with van der Waals surface area (Å²) in [5.74, 6) is 0. The quantitative estimate of drug-likeness (QED) is 0.589. The molecule has 0 atom stereocenters. The van der Waals surface area contributed by atoms with Crippen LogP contribution in [0.4, 0.5) is 0 Å². The van der Waals surface area contributed by atoms with Gasteiger partial charge < -0.3 is 4.52 Å². The van der Waals surface area contributed by atoms with Crippen molar-refractivity contribution < 1.29 is 4.52 Å². The third-order valence-electron chi connectivity index (χ3n) is 2.23. The number of hydrogen-bond acceptors (Lipinski definition) is 3. The van der Waals surface area contributed by atoms with Crippen LogP contribution in [0.5, 0.6) is 0 Å². The van der Waals surface area contributed by atoms with Crippen molar-refractivity contribution in [3.05, 3.63) is 34.1 Å². The second-order valence-corrected chi connectivity index (χ2v) is 4.41. The molecule has 2 aromatic heterocycles. The van der Waals surface area contributed by atoms with E-state index in [1.807, 2.05) is 18.2 Å². The Morgan fingerprint density at radius 1 is 1.27 bits per heavy atom. The third kappa shape index (κ3) is 1.33. The lowest BCUT2D eigenvalue weighted by atomic mass is 10.1. The summed E-state index contributed by atoms with van der Waals surface area (Å²) in [6.07, 6.45) is 1.58. The highest BCUT2D eigenvalue weighted by molar-refractivity contribution is 9.10. The topological polar surface area (TPSA) is 38.9 Å². The molecule has 0 fully saturated rings. The molecule has 0 bridgehead atoms. The minimum atomic E-state index is 0.365. The Morgan fingerprint density at radius 2 is 2.13 bits per heavy atom. The van der Waals surface area contributed by atoms with Gasteiger partial charge >= 0.3 is 0 Å². The summed E-state index contributed by atoms with van der Waals surface area (Å²) < 4.78 is 5.86. The van der Waals surface area contributed by atoms with Crippen LogP contribution >= 0.6 is 27.5 Å². The highest BCUT2D eigenvalue weighted by atomic mass is 79.9. The number of nitrogens with zero attached hydrogens (tertiary/aromatic N) is 2. The molecular formula is C10H4BrClN2O. The molecule has 3 rings (SSSR count). The summed E-state index contributed by atoms with van der Waals surface area (Å²) >= 11 is 9.37. The molecule has 3 nitrogen and oxygen atoms in total. The zero-order valence-corrected chi connectivity index (χ0v) is 9.71. The molecule has 0 amide bonds. The number of benzene rings is 1. The Morgan fingerprint density at radius 3 is 3.00 bits per heavy atom. The Bertz CT molecular complexity index is 665. The van der Waals surface area contributed by atoms with Gasteiger partial charge in [-0.15, -0.1) is 0 Å². The van der Waals surface area contributed by atoms with Gasteiger partial charge in [-0.3, -0.25) is 0 Å². The molecule has 3 aromatic rings. The van der Waals surface area contributed by atoms with Gasteiger partial charge in [0, 0.05) is 9.86 Å². The molecule has 2 heterocycles. The van der Waals surface area contributed by atoms with E-state index in [1.54, 1.807) is 6.26 Å². The van der Waals surface area contributed by atoms with Crippen molar-refractivity contribution in [3.63, 3.8) is 0 Å². The van der Waals surface area contributed by atoms with Crippen LogP contribution in [0.3, 0.4) is 0 Å². The first kappa shape index (κ1) is 9.12. The first-order chi connectivity index (χ1) is 7.25. The maximum atomic E-state index is 5.98. The second kappa shape index (κ2) is 3.18. The number of halogens is 2. The molecule has 0 saturated carbocycles. The fraction of sp³-hybridized carbons (Fsp3) is 0. The summed E-state index contributed by atoms with van der Waals surface area (Å²) in [6.45, 7) is 0. The predicted octanol–water partition coefficient (Wildman–Crippen LogP) is 3.79. The maximum absolute atomic E-state index is 5.98. The molecule has 74 valence electrons. The molecule has 0 aliphatic rings. The van der Waals surface area contributed by atoms with Gasteiger partial charge in [0.2, 0.25) is 0 Å². The zero-order chi connectivity index (χ0) is 10.4. The van der Waals surface area contributed by atoms with Gasteiger partial charge in [0.1, 0.15) is 6.26 Å². The highest BCUT2D eigenvalue weighted by Gasteiger charge is 2.10. The summed E-state index contributed by atoms with van der Waals surface area (Å²) in [5.41, 5.74) is 1.43. The lowest BCUT2D eigenvalue weighted by Gasteiger charge is -1.99. The van der Waals surface area contributed by atoms with Gasteiger partial charge in [-0.2, -0.15) is 0 Å². The number of hydrogen-bond donors (Lipinski definition) is 0. The minimum Gasteiger partial charge on any atom is -0.363 e. The first-order valence-electron chi connectivity index (χ1n) is 4.24. The monoisotopic (exact) mass is 282 g/mol. The van der Waals surface area contributed by atoms with Gasteiger partial charge in [0.05, 0.1) is 10.9 Å². The summed E-state index contributed by atoms with van der Waals surface area (Å²) in [5, 5.41) is 6.05. The van der Waals surface area contributed by atoms with Crippen LogP contribution < -0.4 is 0 Å². The molecular weight excluding hydrogens is 279 g/mol. The fourth-order valence-electron chi connectivity index (χ4n) is 1.56. The van der Waals surface area contributed by atoms with Crippen LogP contribution in [0.1, 0.15) is 0 Å². The summed E-state index contributed by atoms with van der Waals surface area (Å²) in [7, 11) is 0. The van der Waals surface area contributed by atoms with E-state index in [4.69, 9.17) is 16.1 Å². The molecule has 0 spiro atoms. The SMILES string of the molecule is Clc1nc2cc(Br)ccc2c2conc12. The van der Waals surface area contributed by atoms with Gasteiger partial charge in [-0.1, -0.05) is 38.8 Å². The Kier molecular flexibility index (Phi) is 1.94. The fourth-order valence-corrected chi connectivity index (χ4v) is 2.14. The molecule has 5 heteroatoms. The summed E-state index contributed by atoms with van der Waals surface area (Å²) in [4.78, 5) is 4.25. The zero-order valence-electron chi connectivity index (χ0n) is 7.37. The molecule has 15 heavy (non-hydrogen) atoms. The van der Waals surface area contributed by atoms with Gasteiger partial charge in [0.15, 0.2) is 10.7 Å². The van der Waals surface area contributed by atoms with Crippen LogP contribution in [-0.2, 0) is 0 Å². The molecule has 1 aromatic carbocycles. The van der Waals surface area contributed by atoms with Crippen LogP contribution in [0.15, 0.2) is 33.5 Å². The van der Waals surface area contributed by atoms with Crippen LogP contribution in [0, 0.1) is 0 Å². The first-order valence-corrected chi connectivity index (χ1v) is 5.41. The van der Waals surface area contributed by atoms with Crippen molar-refractivity contribution in [1.82, 2.24) is 10.1 Å². The van der Waals surface area contributed by atoms with Crippen molar-refractivity contribution in [2.24, 2.45) is 0 Å². The van der Waals surface area contributed by atoms with Crippen LogP contribution in [0.2, 0.25) is 5.15 Å². The normalized spacial score (nSPS) is 11.3. The predicted molar refractivity (Wildman–Crippen MR) is 62.0 cm³/mol. The van der Waals surface area contributed by atoms with Crippen molar-refractivity contribution in [3.8, 4) is 0 Å². The van der Waals surface area contributed by atoms with Crippen molar-refractivity contribution in [2.45, 2.75) is 0 Å². The third-order valence-corrected chi connectivity index (χ3v) is 2.99. The average Bonchev–Trinajstić information content (AvgIpc) is 2.66. The van der Waals surface area contributed by atoms with Crippen molar-refractivity contribution in [2.75, 3.05) is 0 Å². The lowest BCUT2D eigenvalue weighted by molar-refractivity contribution is 0.428. The van der Waals surface area contributed by atoms with Crippen molar-refractivity contribution in [1.29, 1.82) is 0 Å². The van der Waals surface area contributed by atoms with Crippen LogP contribution in [0.25, 0.3) is 21.8 Å². The van der Waals surface area contributed by atoms with E-state index in [-0.39, 0.29) is 0 Å².